The van der Waals surface area contributed by atoms with E-state index in [1.165, 1.54) is 30.8 Å². The van der Waals surface area contributed by atoms with E-state index in [0.29, 0.717) is 0 Å². The Morgan fingerprint density at radius 3 is 1.94 bits per heavy atom. The van der Waals surface area contributed by atoms with Crippen LogP contribution in [0.5, 0.6) is 0 Å². The fourth-order valence-corrected chi connectivity index (χ4v) is 16.4. The number of hydrogen-bond donors (Lipinski definition) is 0. The van der Waals surface area contributed by atoms with Gasteiger partial charge < -0.3 is 0 Å². The zero-order chi connectivity index (χ0) is 11.2. The zero-order valence-corrected chi connectivity index (χ0v) is 15.7. The summed E-state index contributed by atoms with van der Waals surface area (Å²) in [5.41, 5.74) is 0. The Kier molecular flexibility index (Phi) is 3.80. The van der Waals surface area contributed by atoms with Crippen molar-refractivity contribution in [2.24, 2.45) is 0 Å². The number of thioether (sulfide) groups is 4. The molecule has 0 unspecified atom stereocenters. The molecule has 0 spiro atoms. The van der Waals surface area contributed by atoms with Gasteiger partial charge in [0.2, 0.25) is 0 Å². The van der Waals surface area contributed by atoms with Crippen LogP contribution in [0, 0.1) is 0 Å². The molecule has 3 aliphatic heterocycles. The summed E-state index contributed by atoms with van der Waals surface area (Å²) in [5.74, 6) is 2.62. The van der Waals surface area contributed by atoms with Crippen molar-refractivity contribution in [1.29, 1.82) is 0 Å². The van der Waals surface area contributed by atoms with Gasteiger partial charge >= 0.3 is 133 Å². The first-order valence-electron chi connectivity index (χ1n) is 5.58. The van der Waals surface area contributed by atoms with Crippen molar-refractivity contribution >= 4 is 77.0 Å². The van der Waals surface area contributed by atoms with E-state index >= 15 is 0 Å². The molecule has 0 radical (unpaired) electrons. The van der Waals surface area contributed by atoms with Crippen molar-refractivity contribution in [3.8, 4) is 0 Å². The summed E-state index contributed by atoms with van der Waals surface area (Å²) in [7, 11) is 0. The molecule has 17 heavy (non-hydrogen) atoms. The van der Waals surface area contributed by atoms with Crippen molar-refractivity contribution < 1.29 is 0 Å². The summed E-state index contributed by atoms with van der Waals surface area (Å²) < 4.78 is 10.5. The summed E-state index contributed by atoms with van der Waals surface area (Å²) in [6.45, 7) is 0. The SMILES string of the molecule is C1CC2=C(C1)[Se]C(=C1SC3=C(SCCS3)S1)[Se]2. The first kappa shape index (κ1) is 12.4. The van der Waals surface area contributed by atoms with Gasteiger partial charge in [0.05, 0.1) is 0 Å². The fourth-order valence-electron chi connectivity index (χ4n) is 2.03. The summed E-state index contributed by atoms with van der Waals surface area (Å²) in [5, 5.41) is 0. The van der Waals surface area contributed by atoms with Gasteiger partial charge in [-0.05, 0) is 0 Å². The predicted molar refractivity (Wildman–Crippen MR) is 86.5 cm³/mol. The van der Waals surface area contributed by atoms with Gasteiger partial charge in [0.25, 0.3) is 0 Å². The van der Waals surface area contributed by atoms with Crippen molar-refractivity contribution in [3.05, 3.63) is 25.0 Å². The van der Waals surface area contributed by atoms with E-state index in [-0.39, 0.29) is 0 Å². The molecule has 0 aromatic carbocycles. The van der Waals surface area contributed by atoms with Crippen LogP contribution in [-0.4, -0.2) is 41.4 Å². The molecule has 0 bridgehead atoms. The van der Waals surface area contributed by atoms with Crippen molar-refractivity contribution in [3.63, 3.8) is 0 Å². The van der Waals surface area contributed by atoms with Crippen molar-refractivity contribution in [2.45, 2.75) is 19.3 Å². The van der Waals surface area contributed by atoms with Crippen molar-refractivity contribution in [1.82, 2.24) is 0 Å². The Morgan fingerprint density at radius 1 is 0.765 bits per heavy atom. The van der Waals surface area contributed by atoms with E-state index in [1.807, 2.05) is 12.3 Å². The van der Waals surface area contributed by atoms with E-state index in [0.717, 1.165) is 29.9 Å². The number of allylic oxidation sites excluding steroid dienone is 2. The second kappa shape index (κ2) is 5.21. The molecule has 6 heteroatoms. The normalized spacial score (nSPS) is 28.2. The minimum absolute atomic E-state index is 0.741. The molecule has 90 valence electrons. The molecule has 0 fully saturated rings. The first-order valence-corrected chi connectivity index (χ1v) is 12.6. The number of hydrogen-bond acceptors (Lipinski definition) is 4. The maximum absolute atomic E-state index is 2.10. The molecule has 0 aromatic rings. The summed E-state index contributed by atoms with van der Waals surface area (Å²) in [6.07, 6.45) is 4.32. The Hall–Kier alpha value is 1.66. The van der Waals surface area contributed by atoms with Gasteiger partial charge in [0.1, 0.15) is 0 Å². The molecular weight excluding hydrogens is 418 g/mol. The molecule has 0 saturated carbocycles. The molecule has 1 aliphatic carbocycles. The quantitative estimate of drug-likeness (QED) is 0.535. The molecule has 0 saturated heterocycles. The van der Waals surface area contributed by atoms with Crippen LogP contribution in [0.1, 0.15) is 19.3 Å². The average Bonchev–Trinajstić information content (AvgIpc) is 3.01. The molecule has 4 aliphatic rings. The standard InChI is InChI=1S/C11H10S4Se2/c1-2-6-7(3-1)17-11(16-6)10-14-8-9(15-10)13-5-4-12-8/h1-5H2. The van der Waals surface area contributed by atoms with E-state index in [2.05, 4.69) is 47.0 Å². The third kappa shape index (κ3) is 2.38. The van der Waals surface area contributed by atoms with Gasteiger partial charge in [-0.15, -0.1) is 0 Å². The summed E-state index contributed by atoms with van der Waals surface area (Å²) in [4.78, 5) is 0. The van der Waals surface area contributed by atoms with E-state index in [4.69, 9.17) is 0 Å². The van der Waals surface area contributed by atoms with Gasteiger partial charge in [-0.25, -0.2) is 0 Å². The summed E-state index contributed by atoms with van der Waals surface area (Å²) in [6, 6.07) is 0. The van der Waals surface area contributed by atoms with Crippen LogP contribution < -0.4 is 0 Å². The van der Waals surface area contributed by atoms with Gasteiger partial charge in [-0.1, -0.05) is 0 Å². The predicted octanol–water partition coefficient (Wildman–Crippen LogP) is 4.02. The van der Waals surface area contributed by atoms with Crippen LogP contribution in [0.3, 0.4) is 0 Å². The Bertz CT molecular complexity index is 440. The molecule has 0 amide bonds. The molecular formula is C11H10S4Se2. The van der Waals surface area contributed by atoms with Crippen LogP contribution in [-0.2, 0) is 0 Å². The zero-order valence-electron chi connectivity index (χ0n) is 8.99. The number of rotatable bonds is 0. The van der Waals surface area contributed by atoms with E-state index in [9.17, 15) is 0 Å². The molecule has 3 heterocycles. The van der Waals surface area contributed by atoms with Crippen molar-refractivity contribution in [2.75, 3.05) is 11.5 Å². The van der Waals surface area contributed by atoms with E-state index in [1.54, 1.807) is 12.7 Å². The molecule has 0 nitrogen and oxygen atoms in total. The van der Waals surface area contributed by atoms with Crippen LogP contribution in [0.4, 0.5) is 0 Å². The molecule has 0 atom stereocenters. The Morgan fingerprint density at radius 2 is 1.35 bits per heavy atom. The first-order chi connectivity index (χ1) is 8.40. The summed E-state index contributed by atoms with van der Waals surface area (Å²) >= 11 is 9.85. The third-order valence-corrected chi connectivity index (χ3v) is 16.8. The second-order valence-electron chi connectivity index (χ2n) is 3.95. The van der Waals surface area contributed by atoms with Gasteiger partial charge in [-0.3, -0.25) is 0 Å². The Balaban J connectivity index is 1.55. The third-order valence-electron chi connectivity index (χ3n) is 2.80. The van der Waals surface area contributed by atoms with Gasteiger partial charge in [0, 0.05) is 0 Å². The maximum atomic E-state index is 2.10. The van der Waals surface area contributed by atoms with Crippen LogP contribution in [0.25, 0.3) is 0 Å². The van der Waals surface area contributed by atoms with Gasteiger partial charge in [-0.2, -0.15) is 0 Å². The Labute approximate surface area is 131 Å². The fraction of sp³-hybridized carbons (Fsp3) is 0.455. The average molecular weight is 428 g/mol. The van der Waals surface area contributed by atoms with Crippen LogP contribution in [0.2, 0.25) is 0 Å². The topological polar surface area (TPSA) is 0 Å². The van der Waals surface area contributed by atoms with E-state index < -0.39 is 0 Å². The molecule has 0 aromatic heterocycles. The second-order valence-corrected chi connectivity index (χ2v) is 14.9. The van der Waals surface area contributed by atoms with Crippen LogP contribution in [0.15, 0.2) is 25.0 Å². The molecule has 4 rings (SSSR count). The van der Waals surface area contributed by atoms with Gasteiger partial charge in [0.15, 0.2) is 0 Å². The monoisotopic (exact) mass is 430 g/mol. The molecule has 0 N–H and O–H groups in total. The minimum atomic E-state index is 0.741. The van der Waals surface area contributed by atoms with Crippen LogP contribution >= 0.6 is 47.0 Å².